The molecule has 1 atom stereocenters. The van der Waals surface area contributed by atoms with Crippen LogP contribution in [0.3, 0.4) is 0 Å². The van der Waals surface area contributed by atoms with E-state index in [9.17, 15) is 4.79 Å². The number of methoxy groups -OCH3 is 2. The molecule has 1 N–H and O–H groups in total. The second-order valence-corrected chi connectivity index (χ2v) is 3.83. The third-order valence-corrected chi connectivity index (χ3v) is 3.02. The number of ether oxygens (including phenoxy) is 2. The van der Waals surface area contributed by atoms with Crippen molar-refractivity contribution in [3.05, 3.63) is 23.3 Å². The molecule has 0 saturated heterocycles. The Bertz CT molecular complexity index is 507. The van der Waals surface area contributed by atoms with Gasteiger partial charge in [0.2, 0.25) is 5.78 Å². The summed E-state index contributed by atoms with van der Waals surface area (Å²) in [6.07, 6.45) is 0. The lowest BCUT2D eigenvalue weighted by molar-refractivity contribution is 0.106. The van der Waals surface area contributed by atoms with Crippen molar-refractivity contribution in [3.8, 4) is 11.5 Å². The molecule has 2 rings (SSSR count). The number of hydrogen-bond acceptors (Lipinski definition) is 5. The fraction of sp³-hybridized carbons (Fsp3) is 0.333. The Balaban J connectivity index is 2.63. The van der Waals surface area contributed by atoms with E-state index in [2.05, 4.69) is 5.16 Å². The highest BCUT2D eigenvalue weighted by molar-refractivity contribution is 6.50. The molecule has 1 aromatic carbocycles. The first-order valence-electron chi connectivity index (χ1n) is 5.16. The summed E-state index contributed by atoms with van der Waals surface area (Å²) in [6.45, 7) is 1.81. The van der Waals surface area contributed by atoms with Crippen molar-refractivity contribution in [2.24, 2.45) is 5.16 Å². The summed E-state index contributed by atoms with van der Waals surface area (Å²) < 4.78 is 10.3. The van der Waals surface area contributed by atoms with Crippen LogP contribution in [0.15, 0.2) is 17.3 Å². The Labute approximate surface area is 98.6 Å². The van der Waals surface area contributed by atoms with E-state index < -0.39 is 0 Å². The molecule has 0 amide bonds. The van der Waals surface area contributed by atoms with Crippen LogP contribution in [0.1, 0.15) is 28.8 Å². The van der Waals surface area contributed by atoms with Crippen molar-refractivity contribution >= 4 is 11.5 Å². The monoisotopic (exact) mass is 235 g/mol. The van der Waals surface area contributed by atoms with Gasteiger partial charge in [-0.3, -0.25) is 4.79 Å². The molecule has 0 fully saturated rings. The third kappa shape index (κ3) is 1.54. The van der Waals surface area contributed by atoms with Crippen molar-refractivity contribution in [1.82, 2.24) is 0 Å². The summed E-state index contributed by atoms with van der Waals surface area (Å²) in [4.78, 5) is 11.9. The first-order chi connectivity index (χ1) is 8.13. The number of rotatable bonds is 2. The molecule has 0 bridgehead atoms. The number of benzene rings is 1. The summed E-state index contributed by atoms with van der Waals surface area (Å²) in [6, 6.07) is 3.36. The SMILES string of the molecule is COc1cc2c(cc1OC)C(C)/C(=N/O)C2=O. The number of ketones is 1. The van der Waals surface area contributed by atoms with Gasteiger partial charge in [0.15, 0.2) is 11.5 Å². The zero-order valence-corrected chi connectivity index (χ0v) is 9.85. The maximum atomic E-state index is 11.9. The van der Waals surface area contributed by atoms with E-state index in [0.29, 0.717) is 17.1 Å². The maximum absolute atomic E-state index is 11.9. The fourth-order valence-corrected chi connectivity index (χ4v) is 2.06. The largest absolute Gasteiger partial charge is 0.493 e. The molecule has 0 radical (unpaired) electrons. The molecule has 5 heteroatoms. The molecule has 1 unspecified atom stereocenters. The summed E-state index contributed by atoms with van der Waals surface area (Å²) in [5.74, 6) is 0.550. The van der Waals surface area contributed by atoms with E-state index in [1.165, 1.54) is 14.2 Å². The smallest absolute Gasteiger partial charge is 0.211 e. The van der Waals surface area contributed by atoms with Crippen LogP contribution < -0.4 is 9.47 Å². The lowest BCUT2D eigenvalue weighted by Crippen LogP contribution is -2.10. The molecule has 0 aromatic heterocycles. The van der Waals surface area contributed by atoms with Crippen molar-refractivity contribution in [3.63, 3.8) is 0 Å². The van der Waals surface area contributed by atoms with Gasteiger partial charge in [-0.1, -0.05) is 12.1 Å². The molecule has 5 nitrogen and oxygen atoms in total. The number of carbonyl (C=O) groups is 1. The maximum Gasteiger partial charge on any atom is 0.211 e. The Morgan fingerprint density at radius 1 is 1.24 bits per heavy atom. The number of Topliss-reactive ketones (excluding diaryl/α,β-unsaturated/α-hetero) is 1. The molecular weight excluding hydrogens is 222 g/mol. The normalized spacial score (nSPS) is 20.5. The Morgan fingerprint density at radius 2 is 1.82 bits per heavy atom. The topological polar surface area (TPSA) is 68.1 Å². The highest BCUT2D eigenvalue weighted by Gasteiger charge is 2.35. The number of carbonyl (C=O) groups excluding carboxylic acids is 1. The molecule has 17 heavy (non-hydrogen) atoms. The van der Waals surface area contributed by atoms with Crippen molar-refractivity contribution in [2.75, 3.05) is 14.2 Å². The predicted molar refractivity (Wildman–Crippen MR) is 61.5 cm³/mol. The van der Waals surface area contributed by atoms with Gasteiger partial charge in [-0.05, 0) is 17.7 Å². The minimum Gasteiger partial charge on any atom is -0.493 e. The first kappa shape index (κ1) is 11.4. The van der Waals surface area contributed by atoms with Gasteiger partial charge >= 0.3 is 0 Å². The number of nitrogens with zero attached hydrogens (tertiary/aromatic N) is 1. The van der Waals surface area contributed by atoms with Gasteiger partial charge in [0.1, 0.15) is 5.71 Å². The summed E-state index contributed by atoms with van der Waals surface area (Å²) in [7, 11) is 3.04. The van der Waals surface area contributed by atoms with Crippen LogP contribution in [0, 0.1) is 0 Å². The van der Waals surface area contributed by atoms with Crippen molar-refractivity contribution < 1.29 is 19.5 Å². The zero-order valence-electron chi connectivity index (χ0n) is 9.85. The highest BCUT2D eigenvalue weighted by atomic mass is 16.5. The van der Waals surface area contributed by atoms with Crippen LogP contribution >= 0.6 is 0 Å². The van der Waals surface area contributed by atoms with E-state index in [1.54, 1.807) is 12.1 Å². The zero-order chi connectivity index (χ0) is 12.6. The van der Waals surface area contributed by atoms with Crippen LogP contribution in [0.4, 0.5) is 0 Å². The lowest BCUT2D eigenvalue weighted by Gasteiger charge is -2.10. The standard InChI is InChI=1S/C12H13NO4/c1-6-7-4-9(16-2)10(17-3)5-8(7)12(14)11(6)13-15/h4-6,15H,1-3H3/b13-11-. The molecular formula is C12H13NO4. The molecule has 0 saturated carbocycles. The Kier molecular flexibility index (Phi) is 2.75. The van der Waals surface area contributed by atoms with Crippen LogP contribution in [-0.2, 0) is 0 Å². The van der Waals surface area contributed by atoms with Gasteiger partial charge < -0.3 is 14.7 Å². The summed E-state index contributed by atoms with van der Waals surface area (Å²) in [5, 5.41) is 11.9. The minimum absolute atomic E-state index is 0.148. The van der Waals surface area contributed by atoms with Gasteiger partial charge in [-0.25, -0.2) is 0 Å². The predicted octanol–water partition coefficient (Wildman–Crippen LogP) is 1.83. The van der Waals surface area contributed by atoms with E-state index in [4.69, 9.17) is 14.7 Å². The van der Waals surface area contributed by atoms with Gasteiger partial charge in [0.25, 0.3) is 0 Å². The number of oxime groups is 1. The molecule has 0 spiro atoms. The average Bonchev–Trinajstić information content (AvgIpc) is 2.59. The number of fused-ring (bicyclic) bond motifs is 1. The molecule has 1 aliphatic carbocycles. The van der Waals surface area contributed by atoms with Gasteiger partial charge in [0.05, 0.1) is 14.2 Å². The van der Waals surface area contributed by atoms with Crippen LogP contribution in [-0.4, -0.2) is 30.9 Å². The number of hydrogen-bond donors (Lipinski definition) is 1. The molecule has 0 aliphatic heterocycles. The average molecular weight is 235 g/mol. The second kappa shape index (κ2) is 4.08. The van der Waals surface area contributed by atoms with E-state index >= 15 is 0 Å². The van der Waals surface area contributed by atoms with E-state index in [-0.39, 0.29) is 17.4 Å². The van der Waals surface area contributed by atoms with Crippen LogP contribution in [0.25, 0.3) is 0 Å². The first-order valence-corrected chi connectivity index (χ1v) is 5.16. The van der Waals surface area contributed by atoms with Crippen molar-refractivity contribution in [2.45, 2.75) is 12.8 Å². The van der Waals surface area contributed by atoms with Gasteiger partial charge in [0, 0.05) is 11.5 Å². The molecule has 1 aliphatic rings. The van der Waals surface area contributed by atoms with Crippen LogP contribution in [0.5, 0.6) is 11.5 Å². The highest BCUT2D eigenvalue weighted by Crippen LogP contribution is 2.38. The second-order valence-electron chi connectivity index (χ2n) is 3.83. The molecule has 1 aromatic rings. The summed E-state index contributed by atoms with van der Waals surface area (Å²) in [5.41, 5.74) is 1.44. The minimum atomic E-state index is -0.268. The Hall–Kier alpha value is -2.04. The fourth-order valence-electron chi connectivity index (χ4n) is 2.06. The van der Waals surface area contributed by atoms with E-state index in [1.807, 2.05) is 6.92 Å². The molecule has 0 heterocycles. The van der Waals surface area contributed by atoms with E-state index in [0.717, 1.165) is 5.56 Å². The molecule has 90 valence electrons. The third-order valence-electron chi connectivity index (χ3n) is 3.02. The van der Waals surface area contributed by atoms with Gasteiger partial charge in [-0.15, -0.1) is 0 Å². The Morgan fingerprint density at radius 3 is 2.35 bits per heavy atom. The quantitative estimate of drug-likeness (QED) is 0.627. The lowest BCUT2D eigenvalue weighted by atomic mass is 10.0. The van der Waals surface area contributed by atoms with Crippen molar-refractivity contribution in [1.29, 1.82) is 0 Å². The summed E-state index contributed by atoms with van der Waals surface area (Å²) >= 11 is 0. The van der Waals surface area contributed by atoms with Crippen LogP contribution in [0.2, 0.25) is 0 Å². The van der Waals surface area contributed by atoms with Gasteiger partial charge in [-0.2, -0.15) is 0 Å².